The summed E-state index contributed by atoms with van der Waals surface area (Å²) in [6.07, 6.45) is 12.6. The summed E-state index contributed by atoms with van der Waals surface area (Å²) in [6.45, 7) is 4.48. The Bertz CT molecular complexity index is 286. The van der Waals surface area contributed by atoms with Crippen LogP contribution in [0.2, 0.25) is 0 Å². The molecule has 0 spiro atoms. The summed E-state index contributed by atoms with van der Waals surface area (Å²) in [5.74, 6) is 0.809. The van der Waals surface area contributed by atoms with Gasteiger partial charge in [-0.15, -0.1) is 0 Å². The van der Waals surface area contributed by atoms with Gasteiger partial charge < -0.3 is 0 Å². The first-order valence-corrected chi connectivity index (χ1v) is 8.06. The van der Waals surface area contributed by atoms with Crippen LogP contribution in [0, 0.1) is 5.92 Å². The Labute approximate surface area is 118 Å². The van der Waals surface area contributed by atoms with E-state index in [-0.39, 0.29) is 5.91 Å². The van der Waals surface area contributed by atoms with Crippen molar-refractivity contribution in [1.29, 1.82) is 0 Å². The highest BCUT2D eigenvalue weighted by atomic mass is 16.2. The van der Waals surface area contributed by atoms with Crippen LogP contribution in [-0.4, -0.2) is 11.6 Å². The predicted octanol–water partition coefficient (Wildman–Crippen LogP) is 4.42. The highest BCUT2D eigenvalue weighted by Crippen LogP contribution is 2.20. The highest BCUT2D eigenvalue weighted by Gasteiger charge is 2.14. The summed E-state index contributed by atoms with van der Waals surface area (Å²) in [7, 11) is 0. The molecule has 0 aliphatic heterocycles. The molecule has 1 aliphatic rings. The van der Waals surface area contributed by atoms with E-state index in [9.17, 15) is 4.79 Å². The minimum absolute atomic E-state index is 0.0845. The molecular weight excluding hydrogens is 236 g/mol. The average Bonchev–Trinajstić information content (AvgIpc) is 2.40. The number of hydrogen-bond donors (Lipinski definition) is 1. The zero-order valence-electron chi connectivity index (χ0n) is 12.7. The lowest BCUT2D eigenvalue weighted by Gasteiger charge is -2.18. The van der Waals surface area contributed by atoms with Gasteiger partial charge >= 0.3 is 0 Å². The van der Waals surface area contributed by atoms with Crippen molar-refractivity contribution in [3.8, 4) is 0 Å². The van der Waals surface area contributed by atoms with Crippen molar-refractivity contribution >= 4 is 11.6 Å². The Morgan fingerprint density at radius 2 is 2.00 bits per heavy atom. The molecule has 0 radical (unpaired) electrons. The molecule has 0 heterocycles. The number of unbranched alkanes of at least 4 members (excludes halogenated alkanes) is 5. The lowest BCUT2D eigenvalue weighted by Crippen LogP contribution is -2.21. The zero-order chi connectivity index (χ0) is 13.9. The normalized spacial score (nSPS) is 21.6. The van der Waals surface area contributed by atoms with Crippen molar-refractivity contribution in [2.75, 3.05) is 0 Å². The van der Waals surface area contributed by atoms with Crippen LogP contribution in [0.1, 0.15) is 84.5 Å². The molecule has 110 valence electrons. The average molecular weight is 266 g/mol. The summed E-state index contributed by atoms with van der Waals surface area (Å²) in [5.41, 5.74) is 3.90. The molecule has 1 atom stereocenters. The maximum atomic E-state index is 11.6. The lowest BCUT2D eigenvalue weighted by molar-refractivity contribution is -0.121. The first kappa shape index (κ1) is 16.2. The number of hydrogen-bond acceptors (Lipinski definition) is 2. The Balaban J connectivity index is 2.05. The molecule has 19 heavy (non-hydrogen) atoms. The number of amides is 1. The second-order valence-electron chi connectivity index (χ2n) is 5.93. The topological polar surface area (TPSA) is 41.5 Å². The summed E-state index contributed by atoms with van der Waals surface area (Å²) >= 11 is 0. The van der Waals surface area contributed by atoms with E-state index >= 15 is 0 Å². The van der Waals surface area contributed by atoms with Crippen LogP contribution in [-0.2, 0) is 4.79 Å². The largest absolute Gasteiger partial charge is 0.273 e. The van der Waals surface area contributed by atoms with Gasteiger partial charge in [-0.2, -0.15) is 5.10 Å². The fraction of sp³-hybridized carbons (Fsp3) is 0.875. The van der Waals surface area contributed by atoms with Gasteiger partial charge in [-0.3, -0.25) is 4.79 Å². The van der Waals surface area contributed by atoms with Gasteiger partial charge in [0.1, 0.15) is 0 Å². The summed E-state index contributed by atoms with van der Waals surface area (Å²) in [6, 6.07) is 0. The first-order valence-electron chi connectivity index (χ1n) is 8.06. The van der Waals surface area contributed by atoms with Crippen molar-refractivity contribution < 1.29 is 4.79 Å². The molecule has 0 saturated heterocycles. The van der Waals surface area contributed by atoms with E-state index in [1.807, 2.05) is 0 Å². The molecule has 1 rings (SSSR count). The van der Waals surface area contributed by atoms with Gasteiger partial charge in [-0.1, -0.05) is 46.0 Å². The smallest absolute Gasteiger partial charge is 0.240 e. The number of hydrazone groups is 1. The monoisotopic (exact) mass is 266 g/mol. The molecule has 1 N–H and O–H groups in total. The summed E-state index contributed by atoms with van der Waals surface area (Å²) in [5, 5.41) is 4.28. The standard InChI is InChI=1S/C16H30N2O/c1-3-4-5-6-7-8-12-16(19)18-17-15-11-9-10-14(2)13-15/h14H,3-13H2,1-2H3,(H,18,19). The van der Waals surface area contributed by atoms with Crippen LogP contribution in [0.4, 0.5) is 0 Å². The molecule has 1 fully saturated rings. The van der Waals surface area contributed by atoms with E-state index in [1.54, 1.807) is 0 Å². The van der Waals surface area contributed by atoms with Gasteiger partial charge in [-0.25, -0.2) is 5.43 Å². The summed E-state index contributed by atoms with van der Waals surface area (Å²) in [4.78, 5) is 11.6. The quantitative estimate of drug-likeness (QED) is 0.513. The molecular formula is C16H30N2O. The van der Waals surface area contributed by atoms with Gasteiger partial charge in [-0.05, 0) is 38.0 Å². The molecule has 0 aromatic rings. The van der Waals surface area contributed by atoms with Crippen molar-refractivity contribution in [2.45, 2.75) is 84.5 Å². The van der Waals surface area contributed by atoms with Crippen LogP contribution < -0.4 is 5.43 Å². The minimum Gasteiger partial charge on any atom is -0.273 e. The minimum atomic E-state index is 0.0845. The molecule has 0 aromatic heterocycles. The third kappa shape index (κ3) is 8.02. The van der Waals surface area contributed by atoms with Crippen LogP contribution in [0.15, 0.2) is 5.10 Å². The molecule has 1 amide bonds. The maximum Gasteiger partial charge on any atom is 0.240 e. The molecule has 0 bridgehead atoms. The van der Waals surface area contributed by atoms with Crippen molar-refractivity contribution in [1.82, 2.24) is 5.43 Å². The first-order chi connectivity index (χ1) is 9.22. The Kier molecular flexibility index (Phi) is 8.52. The second-order valence-corrected chi connectivity index (χ2v) is 5.93. The van der Waals surface area contributed by atoms with Gasteiger partial charge in [0.15, 0.2) is 0 Å². The molecule has 1 aliphatic carbocycles. The van der Waals surface area contributed by atoms with E-state index in [0.717, 1.165) is 25.2 Å². The highest BCUT2D eigenvalue weighted by molar-refractivity contribution is 5.87. The SMILES string of the molecule is CCCCCCCCC(=O)NN=C1CCCC(C)C1. The molecule has 1 unspecified atom stereocenters. The van der Waals surface area contributed by atoms with E-state index in [0.29, 0.717) is 6.42 Å². The van der Waals surface area contributed by atoms with Gasteiger partial charge in [0.2, 0.25) is 5.91 Å². The van der Waals surface area contributed by atoms with E-state index < -0.39 is 0 Å². The Hall–Kier alpha value is -0.860. The van der Waals surface area contributed by atoms with Crippen LogP contribution >= 0.6 is 0 Å². The second kappa shape index (κ2) is 9.99. The van der Waals surface area contributed by atoms with Crippen molar-refractivity contribution in [3.05, 3.63) is 0 Å². The number of nitrogens with one attached hydrogen (secondary N) is 1. The predicted molar refractivity (Wildman–Crippen MR) is 81.2 cm³/mol. The van der Waals surface area contributed by atoms with Gasteiger partial charge in [0.25, 0.3) is 0 Å². The molecule has 0 aromatic carbocycles. The van der Waals surface area contributed by atoms with Crippen molar-refractivity contribution in [2.24, 2.45) is 11.0 Å². The lowest BCUT2D eigenvalue weighted by atomic mass is 9.89. The van der Waals surface area contributed by atoms with Crippen molar-refractivity contribution in [3.63, 3.8) is 0 Å². The Morgan fingerprint density at radius 1 is 1.26 bits per heavy atom. The molecule has 3 heteroatoms. The molecule has 3 nitrogen and oxygen atoms in total. The number of carbonyl (C=O) groups is 1. The van der Waals surface area contributed by atoms with Crippen LogP contribution in [0.5, 0.6) is 0 Å². The zero-order valence-corrected chi connectivity index (χ0v) is 12.7. The van der Waals surface area contributed by atoms with E-state index in [2.05, 4.69) is 24.4 Å². The number of carbonyl (C=O) groups excluding carboxylic acids is 1. The van der Waals surface area contributed by atoms with Crippen LogP contribution in [0.3, 0.4) is 0 Å². The van der Waals surface area contributed by atoms with E-state index in [4.69, 9.17) is 0 Å². The van der Waals surface area contributed by atoms with Crippen LogP contribution in [0.25, 0.3) is 0 Å². The number of rotatable bonds is 8. The fourth-order valence-corrected chi connectivity index (χ4v) is 2.63. The Morgan fingerprint density at radius 3 is 2.74 bits per heavy atom. The van der Waals surface area contributed by atoms with E-state index in [1.165, 1.54) is 50.7 Å². The molecule has 1 saturated carbocycles. The fourth-order valence-electron chi connectivity index (χ4n) is 2.63. The maximum absolute atomic E-state index is 11.6. The summed E-state index contributed by atoms with van der Waals surface area (Å²) < 4.78 is 0. The van der Waals surface area contributed by atoms with Gasteiger partial charge in [0.05, 0.1) is 0 Å². The van der Waals surface area contributed by atoms with Gasteiger partial charge in [0, 0.05) is 12.1 Å². The third-order valence-electron chi connectivity index (χ3n) is 3.84. The third-order valence-corrected chi connectivity index (χ3v) is 3.84. The number of nitrogens with zero attached hydrogens (tertiary/aromatic N) is 1.